The number of amides is 1. The molecule has 4 heteroatoms. The van der Waals surface area contributed by atoms with Gasteiger partial charge in [0.25, 0.3) is 5.91 Å². The topological polar surface area (TPSA) is 46.9 Å². The number of unbranched alkanes of at least 4 members (excludes halogenated alkanes) is 3. The molecule has 0 aliphatic rings. The Balaban J connectivity index is 1.92. The van der Waals surface area contributed by atoms with Gasteiger partial charge in [-0.2, -0.15) is 5.10 Å². The molecule has 0 radical (unpaired) electrons. The Morgan fingerprint density at radius 2 is 1.79 bits per heavy atom. The minimum atomic E-state index is -0.0776. The van der Waals surface area contributed by atoms with Crippen molar-refractivity contribution in [1.82, 2.24) is 15.1 Å². The lowest BCUT2D eigenvalue weighted by Crippen LogP contribution is -2.27. The first-order valence-electron chi connectivity index (χ1n) is 10.1. The van der Waals surface area contributed by atoms with Gasteiger partial charge >= 0.3 is 0 Å². The summed E-state index contributed by atoms with van der Waals surface area (Å²) in [6.07, 6.45) is 4.54. The summed E-state index contributed by atoms with van der Waals surface area (Å²) in [5, 5.41) is 7.84. The van der Waals surface area contributed by atoms with Gasteiger partial charge in [-0.3, -0.25) is 4.79 Å². The molecule has 2 aromatic carbocycles. The SMILES string of the molecule is CCCCCCNC(=O)c1cc(-c2ccccc2)nn1-c1ccc(C)cc1C. The fourth-order valence-corrected chi connectivity index (χ4v) is 3.36. The van der Waals surface area contributed by atoms with E-state index in [0.29, 0.717) is 12.2 Å². The highest BCUT2D eigenvalue weighted by molar-refractivity contribution is 5.94. The maximum absolute atomic E-state index is 12.9. The Morgan fingerprint density at radius 1 is 1.00 bits per heavy atom. The van der Waals surface area contributed by atoms with Gasteiger partial charge in [0.05, 0.1) is 11.4 Å². The van der Waals surface area contributed by atoms with Crippen LogP contribution in [0.25, 0.3) is 16.9 Å². The third kappa shape index (κ3) is 4.69. The van der Waals surface area contributed by atoms with Crippen molar-refractivity contribution in [2.24, 2.45) is 0 Å². The Kier molecular flexibility index (Phi) is 6.64. The molecule has 4 nitrogen and oxygen atoms in total. The van der Waals surface area contributed by atoms with Crippen LogP contribution in [0.15, 0.2) is 54.6 Å². The van der Waals surface area contributed by atoms with Crippen molar-refractivity contribution in [2.45, 2.75) is 46.5 Å². The van der Waals surface area contributed by atoms with Crippen molar-refractivity contribution in [3.05, 3.63) is 71.4 Å². The first-order chi connectivity index (χ1) is 13.6. The third-order valence-corrected chi connectivity index (χ3v) is 4.91. The molecule has 0 unspecified atom stereocenters. The van der Waals surface area contributed by atoms with Crippen LogP contribution in [0, 0.1) is 13.8 Å². The average Bonchev–Trinajstić information content (AvgIpc) is 3.13. The van der Waals surface area contributed by atoms with E-state index in [9.17, 15) is 4.79 Å². The minimum absolute atomic E-state index is 0.0776. The second kappa shape index (κ2) is 9.36. The number of aryl methyl sites for hydroxylation is 2. The monoisotopic (exact) mass is 375 g/mol. The highest BCUT2D eigenvalue weighted by Crippen LogP contribution is 2.23. The largest absolute Gasteiger partial charge is 0.351 e. The van der Waals surface area contributed by atoms with Crippen molar-refractivity contribution in [2.75, 3.05) is 6.54 Å². The average molecular weight is 376 g/mol. The van der Waals surface area contributed by atoms with Gasteiger partial charge in [-0.15, -0.1) is 0 Å². The number of rotatable bonds is 8. The predicted octanol–water partition coefficient (Wildman–Crippen LogP) is 5.47. The molecule has 0 aliphatic heterocycles. The van der Waals surface area contributed by atoms with E-state index in [4.69, 9.17) is 5.10 Å². The van der Waals surface area contributed by atoms with Gasteiger partial charge in [-0.1, -0.05) is 74.2 Å². The molecule has 0 aliphatic carbocycles. The van der Waals surface area contributed by atoms with E-state index in [1.807, 2.05) is 42.5 Å². The van der Waals surface area contributed by atoms with Crippen molar-refractivity contribution in [3.63, 3.8) is 0 Å². The number of hydrogen-bond donors (Lipinski definition) is 1. The fourth-order valence-electron chi connectivity index (χ4n) is 3.36. The zero-order valence-corrected chi connectivity index (χ0v) is 17.0. The summed E-state index contributed by atoms with van der Waals surface area (Å²) in [6.45, 7) is 7.00. The summed E-state index contributed by atoms with van der Waals surface area (Å²) >= 11 is 0. The number of nitrogens with one attached hydrogen (secondary N) is 1. The molecule has 1 aromatic heterocycles. The predicted molar refractivity (Wildman–Crippen MR) is 115 cm³/mol. The maximum Gasteiger partial charge on any atom is 0.270 e. The van der Waals surface area contributed by atoms with Crippen LogP contribution in [0.3, 0.4) is 0 Å². The highest BCUT2D eigenvalue weighted by atomic mass is 16.2. The van der Waals surface area contributed by atoms with Crippen molar-refractivity contribution in [3.8, 4) is 16.9 Å². The quantitative estimate of drug-likeness (QED) is 0.531. The molecule has 146 valence electrons. The van der Waals surface area contributed by atoms with Crippen molar-refractivity contribution >= 4 is 5.91 Å². The number of hydrogen-bond acceptors (Lipinski definition) is 2. The molecule has 28 heavy (non-hydrogen) atoms. The lowest BCUT2D eigenvalue weighted by atomic mass is 10.1. The van der Waals surface area contributed by atoms with Gasteiger partial charge in [0.1, 0.15) is 5.69 Å². The first kappa shape index (κ1) is 19.9. The van der Waals surface area contributed by atoms with Gasteiger partial charge in [0.2, 0.25) is 0 Å². The van der Waals surface area contributed by atoms with Gasteiger partial charge < -0.3 is 5.32 Å². The molecule has 0 spiro atoms. The summed E-state index contributed by atoms with van der Waals surface area (Å²) in [6, 6.07) is 18.1. The number of benzene rings is 2. The number of carbonyl (C=O) groups excluding carboxylic acids is 1. The summed E-state index contributed by atoms with van der Waals surface area (Å²) in [5.74, 6) is -0.0776. The normalized spacial score (nSPS) is 10.8. The molecule has 1 amide bonds. The zero-order chi connectivity index (χ0) is 19.9. The highest BCUT2D eigenvalue weighted by Gasteiger charge is 2.18. The standard InChI is InChI=1S/C24H29N3O/c1-4-5-6-10-15-25-24(28)23-17-21(20-11-8-7-9-12-20)26-27(23)22-14-13-18(2)16-19(22)3/h7-9,11-14,16-17H,4-6,10,15H2,1-3H3,(H,25,28). The van der Waals surface area contributed by atoms with Gasteiger partial charge in [-0.25, -0.2) is 4.68 Å². The molecule has 0 bridgehead atoms. The molecule has 0 atom stereocenters. The summed E-state index contributed by atoms with van der Waals surface area (Å²) in [4.78, 5) is 12.9. The van der Waals surface area contributed by atoms with Crippen LogP contribution in [-0.4, -0.2) is 22.2 Å². The molecule has 1 N–H and O–H groups in total. The summed E-state index contributed by atoms with van der Waals surface area (Å²) in [7, 11) is 0. The van der Waals surface area contributed by atoms with Crippen molar-refractivity contribution in [1.29, 1.82) is 0 Å². The molecule has 0 saturated heterocycles. The summed E-state index contributed by atoms with van der Waals surface area (Å²) < 4.78 is 1.78. The summed E-state index contributed by atoms with van der Waals surface area (Å²) in [5.41, 5.74) is 5.60. The smallest absolute Gasteiger partial charge is 0.270 e. The number of carbonyl (C=O) groups is 1. The second-order valence-electron chi connectivity index (χ2n) is 7.30. The Labute approximate surface area is 167 Å². The van der Waals surface area contributed by atoms with Crippen LogP contribution in [0.2, 0.25) is 0 Å². The maximum atomic E-state index is 12.9. The lowest BCUT2D eigenvalue weighted by Gasteiger charge is -2.11. The van der Waals surface area contributed by atoms with E-state index in [1.165, 1.54) is 18.4 Å². The van der Waals surface area contributed by atoms with E-state index in [2.05, 4.69) is 38.2 Å². The second-order valence-corrected chi connectivity index (χ2v) is 7.30. The lowest BCUT2D eigenvalue weighted by molar-refractivity contribution is 0.0945. The Hall–Kier alpha value is -2.88. The molecule has 1 heterocycles. The van der Waals surface area contributed by atoms with Gasteiger partial charge in [0, 0.05) is 12.1 Å². The molecule has 3 aromatic rings. The molecule has 3 rings (SSSR count). The van der Waals surface area contributed by atoms with Crippen LogP contribution < -0.4 is 5.32 Å². The van der Waals surface area contributed by atoms with Crippen LogP contribution in [0.5, 0.6) is 0 Å². The van der Waals surface area contributed by atoms with E-state index in [1.54, 1.807) is 4.68 Å². The van der Waals surface area contributed by atoms with Gasteiger partial charge in [0.15, 0.2) is 0 Å². The fraction of sp³-hybridized carbons (Fsp3) is 0.333. The van der Waals surface area contributed by atoms with Crippen LogP contribution in [0.1, 0.15) is 54.2 Å². The minimum Gasteiger partial charge on any atom is -0.351 e. The zero-order valence-electron chi connectivity index (χ0n) is 17.0. The molecular formula is C24H29N3O. The van der Waals surface area contributed by atoms with E-state index >= 15 is 0 Å². The Morgan fingerprint density at radius 3 is 2.50 bits per heavy atom. The number of nitrogens with zero attached hydrogens (tertiary/aromatic N) is 2. The first-order valence-corrected chi connectivity index (χ1v) is 10.1. The molecule has 0 fully saturated rings. The van der Waals surface area contributed by atoms with Crippen molar-refractivity contribution < 1.29 is 4.79 Å². The Bertz CT molecular complexity index is 928. The van der Waals surface area contributed by atoms with Crippen LogP contribution in [-0.2, 0) is 0 Å². The molecular weight excluding hydrogens is 346 g/mol. The van der Waals surface area contributed by atoms with E-state index < -0.39 is 0 Å². The van der Waals surface area contributed by atoms with E-state index in [0.717, 1.165) is 35.3 Å². The van der Waals surface area contributed by atoms with E-state index in [-0.39, 0.29) is 5.91 Å². The van der Waals surface area contributed by atoms with Crippen LogP contribution in [0.4, 0.5) is 0 Å². The molecule has 0 saturated carbocycles. The third-order valence-electron chi connectivity index (χ3n) is 4.91. The van der Waals surface area contributed by atoms with Gasteiger partial charge in [-0.05, 0) is 38.0 Å². The number of aromatic nitrogens is 2. The van der Waals surface area contributed by atoms with Crippen LogP contribution >= 0.6 is 0 Å².